The molecule has 2 aromatic heterocycles. The first-order valence-corrected chi connectivity index (χ1v) is 21.8. The van der Waals surface area contributed by atoms with E-state index in [1.165, 1.54) is 17.7 Å². The van der Waals surface area contributed by atoms with E-state index in [-0.39, 0.29) is 34.2 Å². The van der Waals surface area contributed by atoms with Gasteiger partial charge in [0.05, 0.1) is 51.8 Å². The number of carbonyl (C=O) groups is 2. The van der Waals surface area contributed by atoms with Crippen molar-refractivity contribution in [3.8, 4) is 11.4 Å². The number of fused-ring (bicyclic) bond motifs is 2. The number of hydrogen-bond donors (Lipinski definition) is 4. The Bertz CT molecular complexity index is 2310. The lowest BCUT2D eigenvalue weighted by Crippen LogP contribution is -2.24. The summed E-state index contributed by atoms with van der Waals surface area (Å²) in [4.78, 5) is 24.0. The minimum atomic E-state index is -0.743. The molecule has 0 spiro atoms. The third-order valence-corrected chi connectivity index (χ3v) is 13.5. The van der Waals surface area contributed by atoms with E-state index < -0.39 is 23.4 Å². The molecular weight excluding hydrogens is 763 g/mol. The number of nitrogens with zero attached hydrogens (tertiary/aromatic N) is 4. The predicted octanol–water partition coefficient (Wildman–Crippen LogP) is 8.14. The fourth-order valence-electron chi connectivity index (χ4n) is 10.1. The molecule has 0 saturated heterocycles. The van der Waals surface area contributed by atoms with Crippen molar-refractivity contribution in [1.82, 2.24) is 19.6 Å². The van der Waals surface area contributed by atoms with E-state index in [0.717, 1.165) is 105 Å². The van der Waals surface area contributed by atoms with Crippen LogP contribution in [0.15, 0.2) is 30.3 Å². The van der Waals surface area contributed by atoms with Gasteiger partial charge in [0, 0.05) is 23.4 Å². The van der Waals surface area contributed by atoms with Gasteiger partial charge in [-0.25, -0.2) is 18.1 Å². The number of hydrogen-bond acceptors (Lipinski definition) is 6. The quantitative estimate of drug-likeness (QED) is 0.140. The van der Waals surface area contributed by atoms with Crippen LogP contribution >= 0.6 is 0 Å². The Hall–Kier alpha value is -4.68. The van der Waals surface area contributed by atoms with E-state index >= 15 is 8.78 Å². The number of benzene rings is 2. The lowest BCUT2D eigenvalue weighted by Gasteiger charge is -2.30. The number of aryl methyl sites for hydroxylation is 2. The van der Waals surface area contributed by atoms with Crippen molar-refractivity contribution < 1.29 is 28.6 Å². The van der Waals surface area contributed by atoms with Crippen LogP contribution in [-0.4, -0.2) is 53.8 Å². The molecule has 6 N–H and O–H groups in total. The zero-order valence-corrected chi connectivity index (χ0v) is 36.1. The van der Waals surface area contributed by atoms with E-state index in [0.29, 0.717) is 47.2 Å². The van der Waals surface area contributed by atoms with Crippen LogP contribution in [0.3, 0.4) is 0 Å². The number of rotatable bonds is 8. The van der Waals surface area contributed by atoms with Gasteiger partial charge in [0.15, 0.2) is 0 Å². The second-order valence-electron chi connectivity index (χ2n) is 19.5. The first-order valence-electron chi connectivity index (χ1n) is 21.8. The van der Waals surface area contributed by atoms with Crippen LogP contribution in [0.1, 0.15) is 151 Å². The Kier molecular flexibility index (Phi) is 12.3. The largest absolute Gasteiger partial charge is 0.393 e. The first-order chi connectivity index (χ1) is 28.3. The van der Waals surface area contributed by atoms with Crippen molar-refractivity contribution in [2.75, 3.05) is 0 Å². The van der Waals surface area contributed by atoms with Gasteiger partial charge in [0.2, 0.25) is 0 Å². The van der Waals surface area contributed by atoms with Crippen LogP contribution in [0.4, 0.5) is 8.78 Å². The highest BCUT2D eigenvalue weighted by Crippen LogP contribution is 2.39. The van der Waals surface area contributed by atoms with E-state index in [2.05, 4.69) is 39.8 Å². The molecule has 0 radical (unpaired) electrons. The monoisotopic (exact) mass is 824 g/mol. The zero-order chi connectivity index (χ0) is 43.3. The molecule has 0 atom stereocenters. The van der Waals surface area contributed by atoms with Crippen LogP contribution in [0.25, 0.3) is 17.5 Å². The topological polar surface area (TPSA) is 162 Å². The molecule has 2 amide bonds. The maximum absolute atomic E-state index is 15.1. The van der Waals surface area contributed by atoms with Crippen molar-refractivity contribution in [3.05, 3.63) is 98.1 Å². The van der Waals surface area contributed by atoms with E-state index in [1.54, 1.807) is 0 Å². The number of aliphatic hydroxyl groups is 2. The van der Waals surface area contributed by atoms with Crippen LogP contribution in [-0.2, 0) is 32.1 Å². The Morgan fingerprint density at radius 1 is 0.717 bits per heavy atom. The first kappa shape index (κ1) is 43.4. The normalized spacial score (nSPS) is 23.0. The fourth-order valence-corrected chi connectivity index (χ4v) is 10.1. The molecule has 12 heteroatoms. The standard InChI is InChI=1S/C24H32FN3O2.C24H30FN3O2/c2*1-14-19-8-9-24(2,3)13-21(19)28(27-14)17-11-16(22(23(26)30)20(25)12-17)10-15-4-6-18(29)7-5-15/h11-12,15,18,29H,4-10,13H2,1-3H3,(H2,26,30);8-9,11-12,15,18,29H,4-7,10,13H2,1-3H3,(H2,26,30). The third kappa shape index (κ3) is 9.29. The number of nitrogens with two attached hydrogens (primary N) is 2. The molecule has 4 aromatic rings. The summed E-state index contributed by atoms with van der Waals surface area (Å²) in [5.41, 5.74) is 20.2. The van der Waals surface area contributed by atoms with E-state index in [1.807, 2.05) is 35.3 Å². The van der Waals surface area contributed by atoms with Gasteiger partial charge >= 0.3 is 0 Å². The summed E-state index contributed by atoms with van der Waals surface area (Å²) in [6, 6.07) is 6.52. The number of amides is 2. The van der Waals surface area contributed by atoms with Crippen LogP contribution in [0, 0.1) is 48.1 Å². The molecule has 2 aromatic carbocycles. The number of aliphatic hydroxyl groups excluding tert-OH is 2. The van der Waals surface area contributed by atoms with Gasteiger partial charge in [-0.1, -0.05) is 39.8 Å². The Labute approximate surface area is 352 Å². The van der Waals surface area contributed by atoms with Crippen molar-refractivity contribution in [3.63, 3.8) is 0 Å². The van der Waals surface area contributed by atoms with Crippen LogP contribution in [0.5, 0.6) is 0 Å². The van der Waals surface area contributed by atoms with E-state index in [4.69, 9.17) is 21.7 Å². The van der Waals surface area contributed by atoms with E-state index in [9.17, 15) is 19.8 Å². The molecule has 0 bridgehead atoms. The average Bonchev–Trinajstić information content (AvgIpc) is 3.66. The Morgan fingerprint density at radius 2 is 1.18 bits per heavy atom. The molecule has 2 saturated carbocycles. The smallest absolute Gasteiger partial charge is 0.251 e. The van der Waals surface area contributed by atoms with Gasteiger partial charge in [0.25, 0.3) is 11.8 Å². The number of carbonyl (C=O) groups excluding carboxylic acids is 2. The number of allylic oxidation sites excluding steroid dienone is 1. The molecule has 4 aliphatic rings. The van der Waals surface area contributed by atoms with Gasteiger partial charge in [-0.05, 0) is 155 Å². The predicted molar refractivity (Wildman–Crippen MR) is 229 cm³/mol. The molecule has 2 fully saturated rings. The van der Waals surface area contributed by atoms with Gasteiger partial charge in [-0.3, -0.25) is 9.59 Å². The van der Waals surface area contributed by atoms with Gasteiger partial charge < -0.3 is 21.7 Å². The molecule has 0 aliphatic heterocycles. The number of primary amides is 2. The van der Waals surface area contributed by atoms with Crippen LogP contribution < -0.4 is 11.5 Å². The summed E-state index contributed by atoms with van der Waals surface area (Å²) in [6.45, 7) is 12.8. The van der Waals surface area contributed by atoms with Crippen molar-refractivity contribution in [2.45, 2.75) is 144 Å². The van der Waals surface area contributed by atoms with Crippen LogP contribution in [0.2, 0.25) is 0 Å². The van der Waals surface area contributed by atoms with Crippen molar-refractivity contribution >= 4 is 17.9 Å². The highest BCUT2D eigenvalue weighted by Gasteiger charge is 2.32. The Morgan fingerprint density at radius 3 is 1.67 bits per heavy atom. The second kappa shape index (κ2) is 17.0. The maximum Gasteiger partial charge on any atom is 0.251 e. The van der Waals surface area contributed by atoms with Crippen molar-refractivity contribution in [1.29, 1.82) is 0 Å². The van der Waals surface area contributed by atoms with Gasteiger partial charge in [-0.15, -0.1) is 0 Å². The van der Waals surface area contributed by atoms with Gasteiger partial charge in [-0.2, -0.15) is 10.2 Å². The maximum atomic E-state index is 15.1. The molecular formula is C48H62F2N6O4. The lowest BCUT2D eigenvalue weighted by molar-refractivity contribution is 0.0983. The highest BCUT2D eigenvalue weighted by molar-refractivity contribution is 5.95. The fraction of sp³-hybridized carbons (Fsp3) is 0.542. The highest BCUT2D eigenvalue weighted by atomic mass is 19.1. The molecule has 322 valence electrons. The van der Waals surface area contributed by atoms with Crippen molar-refractivity contribution in [2.24, 2.45) is 34.1 Å². The van der Waals surface area contributed by atoms with Gasteiger partial charge in [0.1, 0.15) is 11.6 Å². The number of aromatic nitrogens is 4. The third-order valence-electron chi connectivity index (χ3n) is 13.5. The molecule has 0 unspecified atom stereocenters. The summed E-state index contributed by atoms with van der Waals surface area (Å²) < 4.78 is 33.8. The summed E-state index contributed by atoms with van der Waals surface area (Å²) in [7, 11) is 0. The molecule has 4 aliphatic carbocycles. The SMILES string of the molecule is Cc1nn(-c2cc(F)c(C(N)=O)c(CC3CCC(O)CC3)c2)c2c1C=CC(C)(C)C2.Cc1nn(-c2cc(F)c(C(N)=O)c(CC3CCC(O)CC3)c2)c2c1CCC(C)(C)C2. The molecule has 60 heavy (non-hydrogen) atoms. The number of halogens is 2. The molecule has 10 nitrogen and oxygen atoms in total. The minimum absolute atomic E-state index is 0.00526. The summed E-state index contributed by atoms with van der Waals surface area (Å²) in [5.74, 6) is -2.04. The summed E-state index contributed by atoms with van der Waals surface area (Å²) >= 11 is 0. The molecule has 2 heterocycles. The molecule has 8 rings (SSSR count). The average molecular weight is 825 g/mol. The summed E-state index contributed by atoms with van der Waals surface area (Å²) in [5, 5.41) is 29.0. The Balaban J connectivity index is 0.000000181. The zero-order valence-electron chi connectivity index (χ0n) is 36.1. The minimum Gasteiger partial charge on any atom is -0.393 e. The summed E-state index contributed by atoms with van der Waals surface area (Å²) in [6.07, 6.45) is 15.2. The lowest BCUT2D eigenvalue weighted by atomic mass is 9.76. The second-order valence-corrected chi connectivity index (χ2v) is 19.5.